The fourth-order valence-corrected chi connectivity index (χ4v) is 3.93. The summed E-state index contributed by atoms with van der Waals surface area (Å²) in [6, 6.07) is 0. The number of aromatic nitrogens is 2. The van der Waals surface area contributed by atoms with E-state index >= 15 is 0 Å². The average Bonchev–Trinajstić information content (AvgIpc) is 2.79. The Labute approximate surface area is 143 Å². The van der Waals surface area contributed by atoms with Crippen LogP contribution in [0.1, 0.15) is 17.4 Å². The highest BCUT2D eigenvalue weighted by Crippen LogP contribution is 2.34. The van der Waals surface area contributed by atoms with Crippen molar-refractivity contribution in [3.63, 3.8) is 0 Å². The van der Waals surface area contributed by atoms with Crippen LogP contribution < -0.4 is 0 Å². The van der Waals surface area contributed by atoms with E-state index < -0.39 is 12.1 Å². The molecule has 0 unspecified atom stereocenters. The summed E-state index contributed by atoms with van der Waals surface area (Å²) in [5.74, 6) is -0.572. The van der Waals surface area contributed by atoms with Gasteiger partial charge < -0.3 is 9.64 Å². The molecule has 0 aliphatic carbocycles. The van der Waals surface area contributed by atoms with Crippen molar-refractivity contribution in [2.45, 2.75) is 31.9 Å². The fourth-order valence-electron chi connectivity index (χ4n) is 2.03. The van der Waals surface area contributed by atoms with Crippen molar-refractivity contribution >= 4 is 45.2 Å². The molecule has 0 radical (unpaired) electrons. The van der Waals surface area contributed by atoms with E-state index in [1.165, 1.54) is 27.9 Å². The zero-order valence-corrected chi connectivity index (χ0v) is 15.4. The molecule has 2 rings (SSSR count). The first-order chi connectivity index (χ1) is 10.8. The van der Waals surface area contributed by atoms with Gasteiger partial charge in [-0.2, -0.15) is 0 Å². The Bertz CT molecular complexity index is 743. The number of aryl methyl sites for hydroxylation is 2. The minimum atomic E-state index is -0.784. The Kier molecular flexibility index (Phi) is 5.59. The van der Waals surface area contributed by atoms with Crippen molar-refractivity contribution < 1.29 is 14.3 Å². The molecule has 0 fully saturated rings. The molecule has 23 heavy (non-hydrogen) atoms. The first-order valence-electron chi connectivity index (χ1n) is 7.05. The van der Waals surface area contributed by atoms with Crippen LogP contribution in [0, 0.1) is 13.8 Å². The third-order valence-electron chi connectivity index (χ3n) is 3.35. The smallest absolute Gasteiger partial charge is 0.317 e. The predicted octanol–water partition coefficient (Wildman–Crippen LogP) is 2.42. The van der Waals surface area contributed by atoms with Gasteiger partial charge in [0.15, 0.2) is 6.10 Å². The number of likely N-dealkylation sites (N-methyl/N-ethyl adjacent to an activating group) is 1. The maximum absolute atomic E-state index is 11.9. The second kappa shape index (κ2) is 7.27. The van der Waals surface area contributed by atoms with Crippen LogP contribution in [0.3, 0.4) is 0 Å². The van der Waals surface area contributed by atoms with Gasteiger partial charge in [0, 0.05) is 24.4 Å². The first kappa shape index (κ1) is 17.7. The van der Waals surface area contributed by atoms with E-state index in [4.69, 9.17) is 4.74 Å². The van der Waals surface area contributed by atoms with E-state index in [1.54, 1.807) is 32.4 Å². The van der Waals surface area contributed by atoms with Crippen LogP contribution in [0.5, 0.6) is 0 Å². The van der Waals surface area contributed by atoms with E-state index in [0.29, 0.717) is 0 Å². The van der Waals surface area contributed by atoms with Crippen LogP contribution in [0.4, 0.5) is 0 Å². The van der Waals surface area contributed by atoms with Gasteiger partial charge in [-0.1, -0.05) is 11.8 Å². The highest BCUT2D eigenvalue weighted by molar-refractivity contribution is 8.00. The second-order valence-electron chi connectivity index (χ2n) is 5.30. The van der Waals surface area contributed by atoms with Crippen molar-refractivity contribution in [3.8, 4) is 0 Å². The van der Waals surface area contributed by atoms with E-state index in [-0.39, 0.29) is 11.7 Å². The van der Waals surface area contributed by atoms with Crippen LogP contribution in [0.2, 0.25) is 0 Å². The summed E-state index contributed by atoms with van der Waals surface area (Å²) < 4.78 is 5.15. The molecule has 1 atom stereocenters. The Morgan fingerprint density at radius 1 is 1.35 bits per heavy atom. The molecular weight excluding hydrogens is 334 g/mol. The lowest BCUT2D eigenvalue weighted by atomic mass is 10.2. The molecule has 8 heteroatoms. The van der Waals surface area contributed by atoms with Gasteiger partial charge in [0.25, 0.3) is 5.91 Å². The lowest BCUT2D eigenvalue weighted by molar-refractivity contribution is -0.155. The summed E-state index contributed by atoms with van der Waals surface area (Å²) in [4.78, 5) is 35.7. The summed E-state index contributed by atoms with van der Waals surface area (Å²) in [5.41, 5.74) is 1.14. The molecule has 6 nitrogen and oxygen atoms in total. The van der Waals surface area contributed by atoms with Gasteiger partial charge in [0.2, 0.25) is 0 Å². The van der Waals surface area contributed by atoms with Crippen molar-refractivity contribution in [2.24, 2.45) is 0 Å². The molecule has 0 aliphatic rings. The maximum Gasteiger partial charge on any atom is 0.317 e. The molecule has 2 aromatic rings. The maximum atomic E-state index is 11.9. The third kappa shape index (κ3) is 4.00. The molecule has 0 aliphatic heterocycles. The van der Waals surface area contributed by atoms with Gasteiger partial charge in [-0.15, -0.1) is 11.3 Å². The van der Waals surface area contributed by atoms with Crippen LogP contribution in [-0.2, 0) is 14.3 Å². The standard InChI is InChI=1S/C15H19N3O3S2/c1-8-10(3)23-14-12(8)13(16-7-17-14)22-6-11(19)21-9(2)15(20)18(4)5/h7,9H,6H2,1-5H3/t9-/m0/s1. The van der Waals surface area contributed by atoms with Crippen molar-refractivity contribution in [1.29, 1.82) is 0 Å². The van der Waals surface area contributed by atoms with Gasteiger partial charge in [0.05, 0.1) is 5.75 Å². The first-order valence-corrected chi connectivity index (χ1v) is 8.85. The van der Waals surface area contributed by atoms with Crippen LogP contribution >= 0.6 is 23.1 Å². The Morgan fingerprint density at radius 2 is 2.04 bits per heavy atom. The molecule has 0 saturated carbocycles. The number of thiophene rings is 1. The normalized spacial score (nSPS) is 12.2. The number of carbonyl (C=O) groups excluding carboxylic acids is 2. The Balaban J connectivity index is 2.04. The zero-order chi connectivity index (χ0) is 17.1. The zero-order valence-electron chi connectivity index (χ0n) is 13.7. The number of amides is 1. The quantitative estimate of drug-likeness (QED) is 0.467. The van der Waals surface area contributed by atoms with E-state index in [2.05, 4.69) is 9.97 Å². The molecule has 1 amide bonds. The number of nitrogens with zero attached hydrogens (tertiary/aromatic N) is 3. The van der Waals surface area contributed by atoms with Crippen molar-refractivity contribution in [3.05, 3.63) is 16.8 Å². The monoisotopic (exact) mass is 353 g/mol. The SMILES string of the molecule is Cc1sc2ncnc(SCC(=O)O[C@@H](C)C(=O)N(C)C)c2c1C. The third-order valence-corrected chi connectivity index (χ3v) is 5.43. The van der Waals surface area contributed by atoms with E-state index in [1.807, 2.05) is 13.8 Å². The predicted molar refractivity (Wildman–Crippen MR) is 91.9 cm³/mol. The Hall–Kier alpha value is -1.67. The Morgan fingerprint density at radius 3 is 2.70 bits per heavy atom. The molecule has 0 N–H and O–H groups in total. The number of rotatable bonds is 5. The number of hydrogen-bond donors (Lipinski definition) is 0. The second-order valence-corrected chi connectivity index (χ2v) is 7.46. The van der Waals surface area contributed by atoms with Crippen LogP contribution in [0.25, 0.3) is 10.2 Å². The van der Waals surface area contributed by atoms with E-state index in [9.17, 15) is 9.59 Å². The average molecular weight is 353 g/mol. The summed E-state index contributed by atoms with van der Waals surface area (Å²) in [5, 5.41) is 1.76. The van der Waals surface area contributed by atoms with Gasteiger partial charge in [0.1, 0.15) is 16.2 Å². The minimum absolute atomic E-state index is 0.103. The number of thioether (sulfide) groups is 1. The van der Waals surface area contributed by atoms with Crippen molar-refractivity contribution in [1.82, 2.24) is 14.9 Å². The van der Waals surface area contributed by atoms with Gasteiger partial charge in [-0.05, 0) is 26.3 Å². The molecule has 2 aromatic heterocycles. The summed E-state index contributed by atoms with van der Waals surface area (Å²) in [6.45, 7) is 5.64. The number of ether oxygens (including phenoxy) is 1. The lowest BCUT2D eigenvalue weighted by Gasteiger charge is -2.17. The molecule has 0 saturated heterocycles. The fraction of sp³-hybridized carbons (Fsp3) is 0.467. The largest absolute Gasteiger partial charge is 0.452 e. The number of fused-ring (bicyclic) bond motifs is 1. The lowest BCUT2D eigenvalue weighted by Crippen LogP contribution is -2.35. The molecular formula is C15H19N3O3S2. The van der Waals surface area contributed by atoms with E-state index in [0.717, 1.165) is 20.8 Å². The number of hydrogen-bond acceptors (Lipinski definition) is 7. The van der Waals surface area contributed by atoms with Crippen LogP contribution in [-0.4, -0.2) is 52.7 Å². The number of esters is 1. The molecule has 2 heterocycles. The summed E-state index contributed by atoms with van der Waals surface area (Å²) in [7, 11) is 3.25. The summed E-state index contributed by atoms with van der Waals surface area (Å²) >= 11 is 2.92. The van der Waals surface area contributed by atoms with Gasteiger partial charge >= 0.3 is 5.97 Å². The van der Waals surface area contributed by atoms with Gasteiger partial charge in [-0.25, -0.2) is 9.97 Å². The molecule has 0 aromatic carbocycles. The van der Waals surface area contributed by atoms with Gasteiger partial charge in [-0.3, -0.25) is 9.59 Å². The number of carbonyl (C=O) groups is 2. The molecule has 124 valence electrons. The topological polar surface area (TPSA) is 72.4 Å². The minimum Gasteiger partial charge on any atom is -0.452 e. The molecule has 0 bridgehead atoms. The van der Waals surface area contributed by atoms with Crippen LogP contribution in [0.15, 0.2) is 11.4 Å². The molecule has 0 spiro atoms. The van der Waals surface area contributed by atoms with Crippen molar-refractivity contribution in [2.75, 3.05) is 19.8 Å². The highest BCUT2D eigenvalue weighted by atomic mass is 32.2. The highest BCUT2D eigenvalue weighted by Gasteiger charge is 2.20. The summed E-state index contributed by atoms with van der Waals surface area (Å²) in [6.07, 6.45) is 0.720.